The lowest BCUT2D eigenvalue weighted by Crippen LogP contribution is -2.08. The van der Waals surface area contributed by atoms with Gasteiger partial charge in [-0.2, -0.15) is 5.10 Å². The molecule has 0 radical (unpaired) electrons. The molecular formula is C19H15BrN4O3. The van der Waals surface area contributed by atoms with E-state index in [2.05, 4.69) is 20.9 Å². The molecule has 0 saturated carbocycles. The predicted octanol–water partition coefficient (Wildman–Crippen LogP) is 4.08. The average Bonchev–Trinajstić information content (AvgIpc) is 2.91. The Labute approximate surface area is 163 Å². The number of aromatic nitrogens is 2. The van der Waals surface area contributed by atoms with Crippen LogP contribution in [-0.2, 0) is 6.42 Å². The van der Waals surface area contributed by atoms with Gasteiger partial charge in [-0.15, -0.1) is 0 Å². The number of hydrogen-bond donors (Lipinski definition) is 0. The first-order valence-electron chi connectivity index (χ1n) is 8.21. The Hall–Kier alpha value is -3.00. The smallest absolute Gasteiger partial charge is 0.269 e. The SMILES string of the molecule is COc1cc2c(cc1Br)Cc1ncc(C)n1N=C2c1ccc([N+](=O)[O-])cc1. The predicted molar refractivity (Wildman–Crippen MR) is 105 cm³/mol. The van der Waals surface area contributed by atoms with Crippen LogP contribution in [0.5, 0.6) is 5.75 Å². The van der Waals surface area contributed by atoms with E-state index in [4.69, 9.17) is 9.84 Å². The van der Waals surface area contributed by atoms with Crippen LogP contribution in [0.4, 0.5) is 5.69 Å². The molecule has 4 rings (SSSR count). The second-order valence-corrected chi connectivity index (χ2v) is 7.06. The van der Waals surface area contributed by atoms with Gasteiger partial charge in [0.25, 0.3) is 5.69 Å². The molecule has 0 spiro atoms. The van der Waals surface area contributed by atoms with Gasteiger partial charge in [-0.3, -0.25) is 10.1 Å². The Morgan fingerprint density at radius 3 is 2.67 bits per heavy atom. The standard InChI is InChI=1S/C19H15BrN4O3/c1-11-10-21-18-8-13-7-16(20)17(27-2)9-15(13)19(22-23(11)18)12-3-5-14(6-4-12)24(25)26/h3-7,9-10H,8H2,1-2H3. The van der Waals surface area contributed by atoms with Crippen molar-refractivity contribution in [3.8, 4) is 5.75 Å². The number of non-ortho nitro benzene ring substituents is 1. The highest BCUT2D eigenvalue weighted by Crippen LogP contribution is 2.33. The van der Waals surface area contributed by atoms with Crippen LogP contribution in [0.15, 0.2) is 52.2 Å². The summed E-state index contributed by atoms with van der Waals surface area (Å²) in [5, 5.41) is 15.8. The third-order valence-corrected chi connectivity index (χ3v) is 5.13. The van der Waals surface area contributed by atoms with Gasteiger partial charge in [0.2, 0.25) is 0 Å². The fraction of sp³-hybridized carbons (Fsp3) is 0.158. The minimum absolute atomic E-state index is 0.0427. The first-order valence-corrected chi connectivity index (χ1v) is 9.01. The summed E-state index contributed by atoms with van der Waals surface area (Å²) in [6.07, 6.45) is 2.40. The number of nitro groups is 1. The number of imidazole rings is 1. The van der Waals surface area contributed by atoms with E-state index in [1.54, 1.807) is 25.4 Å². The summed E-state index contributed by atoms with van der Waals surface area (Å²) in [7, 11) is 1.61. The fourth-order valence-electron chi connectivity index (χ4n) is 3.13. The van der Waals surface area contributed by atoms with Crippen molar-refractivity contribution in [1.82, 2.24) is 9.66 Å². The number of aryl methyl sites for hydroxylation is 1. The van der Waals surface area contributed by atoms with Crippen molar-refractivity contribution in [2.45, 2.75) is 13.3 Å². The third kappa shape index (κ3) is 3.02. The number of nitro benzene ring substituents is 1. The topological polar surface area (TPSA) is 82.5 Å². The van der Waals surface area contributed by atoms with E-state index >= 15 is 0 Å². The number of nitrogens with zero attached hydrogens (tertiary/aromatic N) is 4. The number of hydrogen-bond acceptors (Lipinski definition) is 5. The van der Waals surface area contributed by atoms with Gasteiger partial charge in [-0.25, -0.2) is 9.66 Å². The van der Waals surface area contributed by atoms with Gasteiger partial charge in [0.05, 0.1) is 34.1 Å². The number of halogens is 1. The number of fused-ring (bicyclic) bond motifs is 2. The van der Waals surface area contributed by atoms with E-state index in [9.17, 15) is 10.1 Å². The van der Waals surface area contributed by atoms with Crippen molar-refractivity contribution in [3.05, 3.63) is 85.4 Å². The molecule has 1 aromatic heterocycles. The minimum atomic E-state index is -0.412. The molecule has 0 bridgehead atoms. The zero-order valence-corrected chi connectivity index (χ0v) is 16.2. The molecule has 0 N–H and O–H groups in total. The van der Waals surface area contributed by atoms with E-state index in [1.165, 1.54) is 12.1 Å². The van der Waals surface area contributed by atoms with Crippen LogP contribution in [0.3, 0.4) is 0 Å². The number of rotatable bonds is 3. The normalized spacial score (nSPS) is 12.6. The lowest BCUT2D eigenvalue weighted by Gasteiger charge is -2.13. The maximum atomic E-state index is 11.0. The summed E-state index contributed by atoms with van der Waals surface area (Å²) in [4.78, 5) is 15.0. The minimum Gasteiger partial charge on any atom is -0.496 e. The molecule has 0 aliphatic carbocycles. The van der Waals surface area contributed by atoms with Crippen molar-refractivity contribution in [3.63, 3.8) is 0 Å². The van der Waals surface area contributed by atoms with Gasteiger partial charge in [0.15, 0.2) is 0 Å². The van der Waals surface area contributed by atoms with Gasteiger partial charge in [-0.05, 0) is 52.7 Å². The van der Waals surface area contributed by atoms with Crippen molar-refractivity contribution < 1.29 is 9.66 Å². The molecule has 2 heterocycles. The average molecular weight is 427 g/mol. The number of benzene rings is 2. The largest absolute Gasteiger partial charge is 0.496 e. The zero-order valence-electron chi connectivity index (χ0n) is 14.6. The zero-order chi connectivity index (χ0) is 19.1. The molecule has 0 saturated heterocycles. The van der Waals surface area contributed by atoms with Crippen LogP contribution in [0, 0.1) is 17.0 Å². The molecule has 7 nitrogen and oxygen atoms in total. The van der Waals surface area contributed by atoms with E-state index in [1.807, 2.05) is 23.7 Å². The maximum Gasteiger partial charge on any atom is 0.269 e. The summed E-state index contributed by atoms with van der Waals surface area (Å²) in [6, 6.07) is 10.3. The molecule has 0 atom stereocenters. The molecule has 1 aliphatic heterocycles. The molecule has 0 fully saturated rings. The molecule has 1 aliphatic rings. The summed E-state index contributed by atoms with van der Waals surface area (Å²) in [6.45, 7) is 1.94. The lowest BCUT2D eigenvalue weighted by molar-refractivity contribution is -0.384. The van der Waals surface area contributed by atoms with Gasteiger partial charge < -0.3 is 4.74 Å². The van der Waals surface area contributed by atoms with Crippen LogP contribution < -0.4 is 4.74 Å². The van der Waals surface area contributed by atoms with Gasteiger partial charge >= 0.3 is 0 Å². The Morgan fingerprint density at radius 1 is 1.26 bits per heavy atom. The van der Waals surface area contributed by atoms with Crippen molar-refractivity contribution in [2.24, 2.45) is 5.10 Å². The Bertz CT molecular complexity index is 1090. The Balaban J connectivity index is 1.96. The quantitative estimate of drug-likeness (QED) is 0.365. The lowest BCUT2D eigenvalue weighted by atomic mass is 9.95. The second kappa shape index (κ2) is 6.62. The molecule has 3 aromatic rings. The monoisotopic (exact) mass is 426 g/mol. The van der Waals surface area contributed by atoms with Gasteiger partial charge in [-0.1, -0.05) is 0 Å². The number of ether oxygens (including phenoxy) is 1. The highest BCUT2D eigenvalue weighted by atomic mass is 79.9. The summed E-state index contributed by atoms with van der Waals surface area (Å²) in [5.41, 5.74) is 4.42. The van der Waals surface area contributed by atoms with Crippen molar-refractivity contribution in [2.75, 3.05) is 7.11 Å². The fourth-order valence-corrected chi connectivity index (χ4v) is 3.69. The van der Waals surface area contributed by atoms with Crippen LogP contribution in [0.25, 0.3) is 0 Å². The molecule has 27 heavy (non-hydrogen) atoms. The second-order valence-electron chi connectivity index (χ2n) is 6.20. The molecule has 2 aromatic carbocycles. The first kappa shape index (κ1) is 17.4. The van der Waals surface area contributed by atoms with Gasteiger partial charge in [0.1, 0.15) is 11.6 Å². The Kier molecular flexibility index (Phi) is 4.27. The van der Waals surface area contributed by atoms with Crippen molar-refractivity contribution in [1.29, 1.82) is 0 Å². The van der Waals surface area contributed by atoms with Crippen LogP contribution in [0.1, 0.15) is 28.2 Å². The molecule has 0 unspecified atom stereocenters. The van der Waals surface area contributed by atoms with Crippen LogP contribution >= 0.6 is 15.9 Å². The van der Waals surface area contributed by atoms with Crippen LogP contribution in [-0.4, -0.2) is 27.4 Å². The van der Waals surface area contributed by atoms with E-state index < -0.39 is 4.92 Å². The van der Waals surface area contributed by atoms with E-state index in [-0.39, 0.29) is 5.69 Å². The van der Waals surface area contributed by atoms with E-state index in [0.717, 1.165) is 32.7 Å². The van der Waals surface area contributed by atoms with Crippen molar-refractivity contribution >= 4 is 27.3 Å². The number of methoxy groups -OCH3 is 1. The van der Waals surface area contributed by atoms with E-state index in [0.29, 0.717) is 17.9 Å². The third-order valence-electron chi connectivity index (χ3n) is 4.51. The highest BCUT2D eigenvalue weighted by molar-refractivity contribution is 9.10. The van der Waals surface area contributed by atoms with Gasteiger partial charge in [0, 0.05) is 29.7 Å². The first-order chi connectivity index (χ1) is 13.0. The molecule has 0 amide bonds. The highest BCUT2D eigenvalue weighted by Gasteiger charge is 2.22. The molecule has 136 valence electrons. The maximum absolute atomic E-state index is 11.0. The summed E-state index contributed by atoms with van der Waals surface area (Å²) < 4.78 is 8.12. The molecular weight excluding hydrogens is 412 g/mol. The molecule has 8 heteroatoms. The Morgan fingerprint density at radius 2 is 2.00 bits per heavy atom. The van der Waals surface area contributed by atoms with Crippen LogP contribution in [0.2, 0.25) is 0 Å². The summed E-state index contributed by atoms with van der Waals surface area (Å²) >= 11 is 3.54. The summed E-state index contributed by atoms with van der Waals surface area (Å²) in [5.74, 6) is 1.53.